The highest BCUT2D eigenvalue weighted by atomic mass is 35.5. The largest absolute Gasteiger partial charge is 0.466 e. The molecule has 120 valence electrons. The van der Waals surface area contributed by atoms with Crippen LogP contribution in [0, 0.1) is 0 Å². The second-order valence-electron chi connectivity index (χ2n) is 6.66. The van der Waals surface area contributed by atoms with E-state index in [2.05, 4.69) is 30.1 Å². The van der Waals surface area contributed by atoms with Crippen molar-refractivity contribution in [2.75, 3.05) is 13.7 Å². The highest BCUT2D eigenvalue weighted by Crippen LogP contribution is 2.42. The molecule has 0 radical (unpaired) electrons. The van der Waals surface area contributed by atoms with Gasteiger partial charge < -0.3 is 9.64 Å². The molecule has 0 spiro atoms. The Labute approximate surface area is 137 Å². The van der Waals surface area contributed by atoms with E-state index in [-0.39, 0.29) is 5.97 Å². The monoisotopic (exact) mass is 321 g/mol. The molecule has 0 saturated carbocycles. The van der Waals surface area contributed by atoms with Crippen LogP contribution in [-0.2, 0) is 16.0 Å². The third-order valence-corrected chi connectivity index (χ3v) is 5.68. The molecule has 2 unspecified atom stereocenters. The number of carbonyl (C=O) groups is 1. The van der Waals surface area contributed by atoms with E-state index in [1.165, 1.54) is 38.2 Å². The molecule has 0 N–H and O–H groups in total. The van der Waals surface area contributed by atoms with E-state index < -0.39 is 0 Å². The van der Waals surface area contributed by atoms with E-state index in [1.807, 2.05) is 0 Å². The number of piperidine rings is 1. The molecule has 4 heteroatoms. The number of carbonyl (C=O) groups excluding carboxylic acids is 1. The minimum absolute atomic E-state index is 0.241. The fourth-order valence-electron chi connectivity index (χ4n) is 4.01. The van der Waals surface area contributed by atoms with E-state index in [0.29, 0.717) is 18.9 Å². The Balaban J connectivity index is 1.66. The van der Waals surface area contributed by atoms with E-state index in [4.69, 9.17) is 16.3 Å². The van der Waals surface area contributed by atoms with Crippen LogP contribution in [0.4, 0.5) is 0 Å². The standard InChI is InChI=1S/C18H24ClNO2/c1-12(21)22-8-7-13-3-4-14(11-18(13)19)15-9-16-5-6-17(10-15)20(16)2/h3-4,11,15-17H,5-10H2,1-2H3. The first-order valence-electron chi connectivity index (χ1n) is 8.18. The van der Waals surface area contributed by atoms with Crippen molar-refractivity contribution in [1.29, 1.82) is 0 Å². The highest BCUT2D eigenvalue weighted by molar-refractivity contribution is 6.31. The molecule has 3 nitrogen and oxygen atoms in total. The summed E-state index contributed by atoms with van der Waals surface area (Å²) < 4.78 is 4.99. The number of hydrogen-bond acceptors (Lipinski definition) is 3. The number of fused-ring (bicyclic) bond motifs is 2. The second kappa shape index (κ2) is 6.59. The van der Waals surface area contributed by atoms with Crippen LogP contribution in [-0.4, -0.2) is 36.6 Å². The second-order valence-corrected chi connectivity index (χ2v) is 7.07. The Bertz CT molecular complexity index is 546. The van der Waals surface area contributed by atoms with Crippen LogP contribution in [0.15, 0.2) is 18.2 Å². The number of hydrogen-bond donors (Lipinski definition) is 0. The van der Waals surface area contributed by atoms with E-state index >= 15 is 0 Å². The van der Waals surface area contributed by atoms with Crippen LogP contribution in [0.2, 0.25) is 5.02 Å². The normalized spacial score (nSPS) is 27.9. The smallest absolute Gasteiger partial charge is 0.302 e. The fourth-order valence-corrected chi connectivity index (χ4v) is 4.29. The van der Waals surface area contributed by atoms with E-state index in [1.54, 1.807) is 0 Å². The number of esters is 1. The lowest BCUT2D eigenvalue weighted by Crippen LogP contribution is -2.39. The van der Waals surface area contributed by atoms with Gasteiger partial charge in [-0.05, 0) is 55.8 Å². The zero-order valence-corrected chi connectivity index (χ0v) is 14.1. The molecule has 3 rings (SSSR count). The van der Waals surface area contributed by atoms with Gasteiger partial charge in [0.1, 0.15) is 0 Å². The number of benzene rings is 1. The third kappa shape index (κ3) is 3.31. The summed E-state index contributed by atoms with van der Waals surface area (Å²) in [6, 6.07) is 7.92. The number of nitrogens with zero attached hydrogens (tertiary/aromatic N) is 1. The predicted octanol–water partition coefficient (Wildman–Crippen LogP) is 3.79. The molecule has 2 fully saturated rings. The van der Waals surface area contributed by atoms with Gasteiger partial charge in [-0.3, -0.25) is 4.79 Å². The minimum atomic E-state index is -0.241. The van der Waals surface area contributed by atoms with Gasteiger partial charge in [-0.25, -0.2) is 0 Å². The molecule has 0 amide bonds. The zero-order valence-electron chi connectivity index (χ0n) is 13.3. The zero-order chi connectivity index (χ0) is 15.7. The lowest BCUT2D eigenvalue weighted by molar-refractivity contribution is -0.140. The first kappa shape index (κ1) is 15.8. The fraction of sp³-hybridized carbons (Fsp3) is 0.611. The molecule has 2 saturated heterocycles. The van der Waals surface area contributed by atoms with Gasteiger partial charge in [0, 0.05) is 30.5 Å². The molecule has 2 bridgehead atoms. The first-order chi connectivity index (χ1) is 10.5. The minimum Gasteiger partial charge on any atom is -0.466 e. The van der Waals surface area contributed by atoms with Crippen LogP contribution < -0.4 is 0 Å². The van der Waals surface area contributed by atoms with Crippen molar-refractivity contribution in [1.82, 2.24) is 4.90 Å². The van der Waals surface area contributed by atoms with Crippen molar-refractivity contribution < 1.29 is 9.53 Å². The Morgan fingerprint density at radius 3 is 2.59 bits per heavy atom. The number of rotatable bonds is 4. The SMILES string of the molecule is CC(=O)OCCc1ccc(C2CC3CCC(C2)N3C)cc1Cl. The van der Waals surface area contributed by atoms with Crippen LogP contribution in [0.5, 0.6) is 0 Å². The van der Waals surface area contributed by atoms with Crippen LogP contribution in [0.25, 0.3) is 0 Å². The molecule has 0 aromatic heterocycles. The summed E-state index contributed by atoms with van der Waals surface area (Å²) in [7, 11) is 2.27. The van der Waals surface area contributed by atoms with E-state index in [9.17, 15) is 4.79 Å². The summed E-state index contributed by atoms with van der Waals surface area (Å²) in [6.45, 7) is 1.83. The molecule has 2 heterocycles. The quantitative estimate of drug-likeness (QED) is 0.790. The summed E-state index contributed by atoms with van der Waals surface area (Å²) in [5, 5.41) is 0.802. The van der Waals surface area contributed by atoms with Gasteiger partial charge in [0.15, 0.2) is 0 Å². The van der Waals surface area contributed by atoms with Gasteiger partial charge in [-0.1, -0.05) is 23.7 Å². The molecule has 0 aliphatic carbocycles. The van der Waals surface area contributed by atoms with Gasteiger partial charge in [-0.2, -0.15) is 0 Å². The first-order valence-corrected chi connectivity index (χ1v) is 8.56. The van der Waals surface area contributed by atoms with Crippen molar-refractivity contribution in [2.24, 2.45) is 0 Å². The molecule has 22 heavy (non-hydrogen) atoms. The molecule has 2 aliphatic rings. The summed E-state index contributed by atoms with van der Waals surface area (Å²) >= 11 is 6.43. The Morgan fingerprint density at radius 2 is 2.00 bits per heavy atom. The van der Waals surface area contributed by atoms with Crippen molar-refractivity contribution in [2.45, 2.75) is 57.0 Å². The molecule has 1 aromatic carbocycles. The summed E-state index contributed by atoms with van der Waals surface area (Å²) in [6.07, 6.45) is 5.85. The van der Waals surface area contributed by atoms with E-state index in [0.717, 1.165) is 22.7 Å². The summed E-state index contributed by atoms with van der Waals surface area (Å²) in [4.78, 5) is 13.4. The van der Waals surface area contributed by atoms with Crippen molar-refractivity contribution in [3.8, 4) is 0 Å². The molecule has 2 atom stereocenters. The van der Waals surface area contributed by atoms with Crippen molar-refractivity contribution >= 4 is 17.6 Å². The van der Waals surface area contributed by atoms with Crippen LogP contribution >= 0.6 is 11.6 Å². The number of ether oxygens (including phenoxy) is 1. The van der Waals surface area contributed by atoms with Crippen LogP contribution in [0.1, 0.15) is 49.7 Å². The molecular weight excluding hydrogens is 298 g/mol. The maximum atomic E-state index is 10.8. The van der Waals surface area contributed by atoms with Gasteiger partial charge in [0.05, 0.1) is 6.61 Å². The van der Waals surface area contributed by atoms with Crippen LogP contribution in [0.3, 0.4) is 0 Å². The Morgan fingerprint density at radius 1 is 1.32 bits per heavy atom. The summed E-state index contributed by atoms with van der Waals surface area (Å²) in [5.41, 5.74) is 2.42. The van der Waals surface area contributed by atoms with Crippen molar-refractivity contribution in [3.05, 3.63) is 34.3 Å². The Kier molecular flexibility index (Phi) is 4.74. The molecule has 2 aliphatic heterocycles. The molecule has 1 aromatic rings. The average molecular weight is 322 g/mol. The maximum absolute atomic E-state index is 10.8. The van der Waals surface area contributed by atoms with Gasteiger partial charge in [0.25, 0.3) is 0 Å². The predicted molar refractivity (Wildman–Crippen MR) is 88.3 cm³/mol. The van der Waals surface area contributed by atoms with Crippen molar-refractivity contribution in [3.63, 3.8) is 0 Å². The van der Waals surface area contributed by atoms with Gasteiger partial charge in [0.2, 0.25) is 0 Å². The van der Waals surface area contributed by atoms with Gasteiger partial charge in [-0.15, -0.1) is 0 Å². The average Bonchev–Trinajstić information content (AvgIpc) is 2.71. The lowest BCUT2D eigenvalue weighted by atomic mass is 9.85. The summed E-state index contributed by atoms with van der Waals surface area (Å²) in [5.74, 6) is 0.392. The maximum Gasteiger partial charge on any atom is 0.302 e. The topological polar surface area (TPSA) is 29.5 Å². The number of halogens is 1. The highest BCUT2D eigenvalue weighted by Gasteiger charge is 2.38. The van der Waals surface area contributed by atoms with Gasteiger partial charge >= 0.3 is 5.97 Å². The molecular formula is C18H24ClNO2. The Hall–Kier alpha value is -1.06. The lowest BCUT2D eigenvalue weighted by Gasteiger charge is -2.36. The third-order valence-electron chi connectivity index (χ3n) is 5.32.